The predicted octanol–water partition coefficient (Wildman–Crippen LogP) is 4.95. The average Bonchev–Trinajstić information content (AvgIpc) is 2.33. The Morgan fingerprint density at radius 1 is 1.17 bits per heavy atom. The first-order valence-electron chi connectivity index (χ1n) is 5.48. The van der Waals surface area contributed by atoms with Crippen LogP contribution in [0, 0.1) is 0 Å². The number of halogens is 2. The highest BCUT2D eigenvalue weighted by Gasteiger charge is 2.10. The third-order valence-electron chi connectivity index (χ3n) is 2.48. The molecule has 2 nitrogen and oxygen atoms in total. The molecule has 0 spiro atoms. The molecular weight excluding hydrogens is 316 g/mol. The van der Waals surface area contributed by atoms with Gasteiger partial charge in [0.25, 0.3) is 0 Å². The van der Waals surface area contributed by atoms with E-state index in [9.17, 15) is 5.11 Å². The maximum atomic E-state index is 9.68. The SMILES string of the molecule is CC(O)c1ccccc1Oc1ccc(Br)cc1Cl. The summed E-state index contributed by atoms with van der Waals surface area (Å²) in [5.41, 5.74) is 0.733. The molecule has 94 valence electrons. The molecule has 4 heteroatoms. The average molecular weight is 328 g/mol. The molecule has 0 saturated carbocycles. The van der Waals surface area contributed by atoms with E-state index in [1.54, 1.807) is 25.1 Å². The van der Waals surface area contributed by atoms with Gasteiger partial charge in [-0.15, -0.1) is 0 Å². The molecule has 0 radical (unpaired) electrons. The van der Waals surface area contributed by atoms with E-state index in [1.807, 2.05) is 24.3 Å². The molecular formula is C14H12BrClO2. The Balaban J connectivity index is 2.34. The molecule has 2 rings (SSSR count). The fourth-order valence-electron chi connectivity index (χ4n) is 1.60. The summed E-state index contributed by atoms with van der Waals surface area (Å²) >= 11 is 9.43. The molecule has 0 bridgehead atoms. The van der Waals surface area contributed by atoms with Crippen molar-refractivity contribution in [2.75, 3.05) is 0 Å². The Bertz CT molecular complexity index is 555. The van der Waals surface area contributed by atoms with Gasteiger partial charge >= 0.3 is 0 Å². The molecule has 0 saturated heterocycles. The van der Waals surface area contributed by atoms with E-state index < -0.39 is 6.10 Å². The minimum atomic E-state index is -0.588. The summed E-state index contributed by atoms with van der Waals surface area (Å²) in [7, 11) is 0. The van der Waals surface area contributed by atoms with Gasteiger partial charge in [-0.1, -0.05) is 45.7 Å². The highest BCUT2D eigenvalue weighted by Crippen LogP contribution is 2.34. The summed E-state index contributed by atoms with van der Waals surface area (Å²) in [6.07, 6.45) is -0.588. The first-order chi connectivity index (χ1) is 8.58. The fraction of sp³-hybridized carbons (Fsp3) is 0.143. The Morgan fingerprint density at radius 3 is 2.56 bits per heavy atom. The van der Waals surface area contributed by atoms with Crippen molar-refractivity contribution in [3.63, 3.8) is 0 Å². The highest BCUT2D eigenvalue weighted by molar-refractivity contribution is 9.10. The van der Waals surface area contributed by atoms with Gasteiger partial charge in [-0.2, -0.15) is 0 Å². The molecule has 0 aliphatic rings. The standard InChI is InChI=1S/C14H12BrClO2/c1-9(17)11-4-2-3-5-13(11)18-14-7-6-10(15)8-12(14)16/h2-9,17H,1H3. The van der Waals surface area contributed by atoms with Crippen LogP contribution in [0.4, 0.5) is 0 Å². The number of aliphatic hydroxyl groups is 1. The smallest absolute Gasteiger partial charge is 0.146 e. The van der Waals surface area contributed by atoms with Crippen molar-refractivity contribution >= 4 is 27.5 Å². The van der Waals surface area contributed by atoms with Gasteiger partial charge in [-0.25, -0.2) is 0 Å². The van der Waals surface area contributed by atoms with Gasteiger partial charge < -0.3 is 9.84 Å². The van der Waals surface area contributed by atoms with Crippen LogP contribution in [0.1, 0.15) is 18.6 Å². The zero-order chi connectivity index (χ0) is 13.1. The lowest BCUT2D eigenvalue weighted by Gasteiger charge is -2.13. The lowest BCUT2D eigenvalue weighted by atomic mass is 10.1. The van der Waals surface area contributed by atoms with E-state index in [0.717, 1.165) is 10.0 Å². The van der Waals surface area contributed by atoms with Crippen LogP contribution in [0.3, 0.4) is 0 Å². The second-order valence-electron chi connectivity index (χ2n) is 3.89. The monoisotopic (exact) mass is 326 g/mol. The first-order valence-corrected chi connectivity index (χ1v) is 6.65. The minimum absolute atomic E-state index is 0.518. The Morgan fingerprint density at radius 2 is 1.89 bits per heavy atom. The van der Waals surface area contributed by atoms with E-state index in [-0.39, 0.29) is 0 Å². The van der Waals surface area contributed by atoms with E-state index >= 15 is 0 Å². The molecule has 0 amide bonds. The van der Waals surface area contributed by atoms with Crippen molar-refractivity contribution in [1.82, 2.24) is 0 Å². The normalized spacial score (nSPS) is 12.2. The van der Waals surface area contributed by atoms with Gasteiger partial charge in [-0.3, -0.25) is 0 Å². The van der Waals surface area contributed by atoms with Gasteiger partial charge in [0.2, 0.25) is 0 Å². The van der Waals surface area contributed by atoms with Crippen LogP contribution < -0.4 is 4.74 Å². The topological polar surface area (TPSA) is 29.5 Å². The quantitative estimate of drug-likeness (QED) is 0.864. The second kappa shape index (κ2) is 5.74. The van der Waals surface area contributed by atoms with Crippen LogP contribution >= 0.6 is 27.5 Å². The maximum Gasteiger partial charge on any atom is 0.146 e. The summed E-state index contributed by atoms with van der Waals surface area (Å²) in [6, 6.07) is 12.7. The molecule has 2 aromatic rings. The molecule has 0 aromatic heterocycles. The van der Waals surface area contributed by atoms with Crippen molar-refractivity contribution < 1.29 is 9.84 Å². The summed E-state index contributed by atoms with van der Waals surface area (Å²) in [6.45, 7) is 1.70. The van der Waals surface area contributed by atoms with Crippen LogP contribution in [0.5, 0.6) is 11.5 Å². The molecule has 0 aliphatic heterocycles. The Hall–Kier alpha value is -1.03. The molecule has 2 aromatic carbocycles. The first kappa shape index (κ1) is 13.4. The third-order valence-corrected chi connectivity index (χ3v) is 3.27. The second-order valence-corrected chi connectivity index (χ2v) is 5.21. The lowest BCUT2D eigenvalue weighted by molar-refractivity contribution is 0.195. The third kappa shape index (κ3) is 3.05. The van der Waals surface area contributed by atoms with Gasteiger partial charge in [-0.05, 0) is 31.2 Å². The number of rotatable bonds is 3. The largest absolute Gasteiger partial charge is 0.455 e. The number of benzene rings is 2. The van der Waals surface area contributed by atoms with Crippen LogP contribution in [-0.2, 0) is 0 Å². The number of para-hydroxylation sites is 1. The number of hydrogen-bond acceptors (Lipinski definition) is 2. The fourth-order valence-corrected chi connectivity index (χ4v) is 2.31. The number of aliphatic hydroxyl groups excluding tert-OH is 1. The molecule has 1 N–H and O–H groups in total. The zero-order valence-electron chi connectivity index (χ0n) is 9.73. The zero-order valence-corrected chi connectivity index (χ0v) is 12.1. The molecule has 1 unspecified atom stereocenters. The Labute approximate surface area is 119 Å². The Kier molecular flexibility index (Phi) is 4.27. The van der Waals surface area contributed by atoms with Crippen molar-refractivity contribution in [3.8, 4) is 11.5 Å². The van der Waals surface area contributed by atoms with Gasteiger partial charge in [0.1, 0.15) is 11.5 Å². The van der Waals surface area contributed by atoms with Crippen molar-refractivity contribution in [3.05, 3.63) is 57.5 Å². The summed E-state index contributed by atoms with van der Waals surface area (Å²) < 4.78 is 6.64. The number of hydrogen-bond donors (Lipinski definition) is 1. The molecule has 0 aliphatic carbocycles. The number of ether oxygens (including phenoxy) is 1. The van der Waals surface area contributed by atoms with Gasteiger partial charge in [0.05, 0.1) is 11.1 Å². The van der Waals surface area contributed by atoms with E-state index in [1.165, 1.54) is 0 Å². The minimum Gasteiger partial charge on any atom is -0.455 e. The van der Waals surface area contributed by atoms with Crippen molar-refractivity contribution in [2.45, 2.75) is 13.0 Å². The highest BCUT2D eigenvalue weighted by atomic mass is 79.9. The molecule has 18 heavy (non-hydrogen) atoms. The van der Waals surface area contributed by atoms with Crippen molar-refractivity contribution in [2.24, 2.45) is 0 Å². The maximum absolute atomic E-state index is 9.68. The summed E-state index contributed by atoms with van der Waals surface area (Å²) in [5.74, 6) is 1.17. The van der Waals surface area contributed by atoms with Gasteiger partial charge in [0, 0.05) is 10.0 Å². The molecule has 1 atom stereocenters. The van der Waals surface area contributed by atoms with E-state index in [4.69, 9.17) is 16.3 Å². The van der Waals surface area contributed by atoms with Crippen LogP contribution in [0.25, 0.3) is 0 Å². The van der Waals surface area contributed by atoms with Crippen LogP contribution in [0.15, 0.2) is 46.9 Å². The van der Waals surface area contributed by atoms with Crippen LogP contribution in [0.2, 0.25) is 5.02 Å². The van der Waals surface area contributed by atoms with E-state index in [0.29, 0.717) is 16.5 Å². The summed E-state index contributed by atoms with van der Waals surface area (Å²) in [5, 5.41) is 10.2. The van der Waals surface area contributed by atoms with E-state index in [2.05, 4.69) is 15.9 Å². The van der Waals surface area contributed by atoms with Gasteiger partial charge in [0.15, 0.2) is 0 Å². The van der Waals surface area contributed by atoms with Crippen LogP contribution in [-0.4, -0.2) is 5.11 Å². The summed E-state index contributed by atoms with van der Waals surface area (Å²) in [4.78, 5) is 0. The van der Waals surface area contributed by atoms with Crippen molar-refractivity contribution in [1.29, 1.82) is 0 Å². The molecule has 0 heterocycles. The lowest BCUT2D eigenvalue weighted by Crippen LogP contribution is -1.96. The molecule has 0 fully saturated rings. The predicted molar refractivity (Wildman–Crippen MR) is 76.3 cm³/mol.